The average molecular weight is 264 g/mol. The van der Waals surface area contributed by atoms with Crippen molar-refractivity contribution in [2.24, 2.45) is 23.7 Å². The van der Waals surface area contributed by atoms with E-state index in [1.165, 1.54) is 0 Å². The van der Waals surface area contributed by atoms with Crippen LogP contribution >= 0.6 is 0 Å². The molecule has 1 heterocycles. The highest BCUT2D eigenvalue weighted by atomic mass is 16.4. The van der Waals surface area contributed by atoms with Gasteiger partial charge in [-0.3, -0.25) is 9.59 Å². The van der Waals surface area contributed by atoms with E-state index in [2.05, 4.69) is 4.90 Å². The third kappa shape index (κ3) is 2.06. The van der Waals surface area contributed by atoms with Crippen LogP contribution in [0.15, 0.2) is 12.2 Å². The Morgan fingerprint density at radius 3 is 2.21 bits per heavy atom. The summed E-state index contributed by atoms with van der Waals surface area (Å²) in [7, 11) is 2.04. The number of piperazine rings is 1. The van der Waals surface area contributed by atoms with Gasteiger partial charge in [0.2, 0.25) is 5.91 Å². The number of fused-ring (bicyclic) bond motifs is 2. The van der Waals surface area contributed by atoms with Crippen LogP contribution in [-0.2, 0) is 9.59 Å². The van der Waals surface area contributed by atoms with Crippen LogP contribution in [0.5, 0.6) is 0 Å². The van der Waals surface area contributed by atoms with Gasteiger partial charge in [-0.1, -0.05) is 12.2 Å². The average Bonchev–Trinajstić information content (AvgIpc) is 2.98. The normalized spacial score (nSPS) is 37.8. The molecule has 5 nitrogen and oxygen atoms in total. The Kier molecular flexibility index (Phi) is 3.09. The van der Waals surface area contributed by atoms with Crippen molar-refractivity contribution >= 4 is 11.9 Å². The Labute approximate surface area is 112 Å². The van der Waals surface area contributed by atoms with E-state index in [9.17, 15) is 14.7 Å². The number of carboxylic acids is 1. The lowest BCUT2D eigenvalue weighted by Crippen LogP contribution is -2.51. The lowest BCUT2D eigenvalue weighted by molar-refractivity contribution is -0.151. The molecule has 5 heteroatoms. The molecule has 2 bridgehead atoms. The third-order valence-corrected chi connectivity index (χ3v) is 4.84. The molecule has 1 amide bonds. The highest BCUT2D eigenvalue weighted by Crippen LogP contribution is 2.48. The Balaban J connectivity index is 1.75. The van der Waals surface area contributed by atoms with Gasteiger partial charge in [-0.05, 0) is 25.3 Å². The van der Waals surface area contributed by atoms with Gasteiger partial charge in [-0.2, -0.15) is 0 Å². The standard InChI is InChI=1S/C14H20N2O3/c1-15-4-6-16(7-5-15)13(17)11-9-2-3-10(8-9)12(11)14(18)19/h2-3,9-12H,4-8H2,1H3,(H,18,19)/t9-,10+,11+,12+/m0/s1. The molecule has 1 N–H and O–H groups in total. The molecule has 1 aliphatic heterocycles. The number of allylic oxidation sites excluding steroid dienone is 2. The molecule has 0 aromatic rings. The number of hydrogen-bond acceptors (Lipinski definition) is 3. The zero-order valence-electron chi connectivity index (χ0n) is 11.2. The zero-order valence-corrected chi connectivity index (χ0v) is 11.2. The van der Waals surface area contributed by atoms with Gasteiger partial charge in [0, 0.05) is 26.2 Å². The summed E-state index contributed by atoms with van der Waals surface area (Å²) in [4.78, 5) is 28.1. The summed E-state index contributed by atoms with van der Waals surface area (Å²) in [6, 6.07) is 0. The molecular weight excluding hydrogens is 244 g/mol. The quantitative estimate of drug-likeness (QED) is 0.728. The number of carbonyl (C=O) groups is 2. The molecule has 0 radical (unpaired) electrons. The first-order chi connectivity index (χ1) is 9.08. The Hall–Kier alpha value is -1.36. The van der Waals surface area contributed by atoms with Crippen molar-refractivity contribution in [3.05, 3.63) is 12.2 Å². The van der Waals surface area contributed by atoms with Gasteiger partial charge in [-0.15, -0.1) is 0 Å². The van der Waals surface area contributed by atoms with E-state index in [1.54, 1.807) is 0 Å². The Morgan fingerprint density at radius 2 is 1.63 bits per heavy atom. The molecule has 104 valence electrons. The van der Waals surface area contributed by atoms with Gasteiger partial charge >= 0.3 is 5.97 Å². The Morgan fingerprint density at radius 1 is 1.05 bits per heavy atom. The van der Waals surface area contributed by atoms with Crippen LogP contribution in [0.3, 0.4) is 0 Å². The first kappa shape index (κ1) is 12.7. The van der Waals surface area contributed by atoms with Crippen LogP contribution in [0.1, 0.15) is 6.42 Å². The summed E-state index contributed by atoms with van der Waals surface area (Å²) >= 11 is 0. The van der Waals surface area contributed by atoms with Crippen molar-refractivity contribution in [3.63, 3.8) is 0 Å². The first-order valence-corrected chi connectivity index (χ1v) is 6.96. The maximum absolute atomic E-state index is 12.6. The number of nitrogens with zero attached hydrogens (tertiary/aromatic N) is 2. The highest BCUT2D eigenvalue weighted by Gasteiger charge is 2.52. The van der Waals surface area contributed by atoms with Gasteiger partial charge in [0.25, 0.3) is 0 Å². The highest BCUT2D eigenvalue weighted by molar-refractivity contribution is 5.87. The van der Waals surface area contributed by atoms with E-state index >= 15 is 0 Å². The maximum Gasteiger partial charge on any atom is 0.307 e. The van der Waals surface area contributed by atoms with Crippen molar-refractivity contribution in [1.29, 1.82) is 0 Å². The van der Waals surface area contributed by atoms with Crippen LogP contribution in [0.2, 0.25) is 0 Å². The third-order valence-electron chi connectivity index (χ3n) is 4.84. The van der Waals surface area contributed by atoms with Gasteiger partial charge in [0.15, 0.2) is 0 Å². The van der Waals surface area contributed by atoms with Crippen molar-refractivity contribution in [3.8, 4) is 0 Å². The van der Waals surface area contributed by atoms with Crippen molar-refractivity contribution in [1.82, 2.24) is 9.80 Å². The smallest absolute Gasteiger partial charge is 0.307 e. The molecule has 1 saturated carbocycles. The summed E-state index contributed by atoms with van der Waals surface area (Å²) in [6.07, 6.45) is 4.86. The van der Waals surface area contributed by atoms with Crippen LogP contribution in [0.25, 0.3) is 0 Å². The molecule has 2 aliphatic carbocycles. The predicted molar refractivity (Wildman–Crippen MR) is 69.4 cm³/mol. The number of likely N-dealkylation sites (N-methyl/N-ethyl adjacent to an activating group) is 1. The fourth-order valence-electron chi connectivity index (χ4n) is 3.73. The zero-order chi connectivity index (χ0) is 13.6. The number of rotatable bonds is 2. The van der Waals surface area contributed by atoms with Crippen LogP contribution < -0.4 is 0 Å². The minimum absolute atomic E-state index is 0.0531. The minimum atomic E-state index is -0.815. The molecule has 2 fully saturated rings. The molecule has 1 saturated heterocycles. The van der Waals surface area contributed by atoms with Crippen molar-refractivity contribution in [2.45, 2.75) is 6.42 Å². The van der Waals surface area contributed by atoms with Gasteiger partial charge in [0.1, 0.15) is 0 Å². The second-order valence-corrected chi connectivity index (χ2v) is 5.97. The molecule has 3 rings (SSSR count). The number of aliphatic carboxylic acids is 1. The molecule has 19 heavy (non-hydrogen) atoms. The monoisotopic (exact) mass is 264 g/mol. The fraction of sp³-hybridized carbons (Fsp3) is 0.714. The van der Waals surface area contributed by atoms with Gasteiger partial charge < -0.3 is 14.9 Å². The maximum atomic E-state index is 12.6. The van der Waals surface area contributed by atoms with E-state index in [0.29, 0.717) is 0 Å². The number of carbonyl (C=O) groups excluding carboxylic acids is 1. The van der Waals surface area contributed by atoms with Crippen LogP contribution in [-0.4, -0.2) is 60.0 Å². The molecule has 0 unspecified atom stereocenters. The Bertz CT molecular complexity index is 426. The summed E-state index contributed by atoms with van der Waals surface area (Å²) in [5, 5.41) is 9.38. The van der Waals surface area contributed by atoms with Crippen molar-refractivity contribution in [2.75, 3.05) is 33.2 Å². The van der Waals surface area contributed by atoms with Crippen LogP contribution in [0.4, 0.5) is 0 Å². The van der Waals surface area contributed by atoms with E-state index in [4.69, 9.17) is 0 Å². The number of carboxylic acid groups (broad SMARTS) is 1. The topological polar surface area (TPSA) is 60.9 Å². The molecule has 4 atom stereocenters. The van der Waals surface area contributed by atoms with E-state index in [-0.39, 0.29) is 23.7 Å². The first-order valence-electron chi connectivity index (χ1n) is 6.96. The molecule has 0 aromatic heterocycles. The number of hydrogen-bond donors (Lipinski definition) is 1. The predicted octanol–water partition coefficient (Wildman–Crippen LogP) is 0.283. The summed E-state index contributed by atoms with van der Waals surface area (Å²) < 4.78 is 0. The lowest BCUT2D eigenvalue weighted by Gasteiger charge is -2.36. The summed E-state index contributed by atoms with van der Waals surface area (Å²) in [5.74, 6) is -1.41. The summed E-state index contributed by atoms with van der Waals surface area (Å²) in [6.45, 7) is 3.19. The largest absolute Gasteiger partial charge is 0.481 e. The van der Waals surface area contributed by atoms with Gasteiger partial charge in [0.05, 0.1) is 11.8 Å². The molecule has 3 aliphatic rings. The van der Waals surface area contributed by atoms with E-state index < -0.39 is 11.9 Å². The summed E-state index contributed by atoms with van der Waals surface area (Å²) in [5.41, 5.74) is 0. The van der Waals surface area contributed by atoms with Crippen molar-refractivity contribution < 1.29 is 14.7 Å². The lowest BCUT2D eigenvalue weighted by atomic mass is 9.82. The second kappa shape index (κ2) is 4.63. The minimum Gasteiger partial charge on any atom is -0.481 e. The SMILES string of the molecule is CN1CCN(C(=O)[C@H]2[C@H](C(=O)O)[C@@H]3C=C[C@H]2C3)CC1. The molecular formula is C14H20N2O3. The molecule has 0 spiro atoms. The van der Waals surface area contributed by atoms with Crippen LogP contribution in [0, 0.1) is 23.7 Å². The van der Waals surface area contributed by atoms with E-state index in [0.717, 1.165) is 32.6 Å². The fourth-order valence-corrected chi connectivity index (χ4v) is 3.73. The van der Waals surface area contributed by atoms with Gasteiger partial charge in [-0.25, -0.2) is 0 Å². The van der Waals surface area contributed by atoms with E-state index in [1.807, 2.05) is 24.1 Å². The molecule has 0 aromatic carbocycles. The second-order valence-electron chi connectivity index (χ2n) is 5.97. The number of amides is 1.